The lowest BCUT2D eigenvalue weighted by Gasteiger charge is -2.26. The summed E-state index contributed by atoms with van der Waals surface area (Å²) in [5, 5.41) is 0. The van der Waals surface area contributed by atoms with Crippen molar-refractivity contribution in [1.29, 1.82) is 0 Å². The molecule has 0 saturated carbocycles. The van der Waals surface area contributed by atoms with E-state index in [9.17, 15) is 0 Å². The summed E-state index contributed by atoms with van der Waals surface area (Å²) in [6, 6.07) is 4.69. The van der Waals surface area contributed by atoms with Crippen LogP contribution in [-0.4, -0.2) is 0 Å². The van der Waals surface area contributed by atoms with Crippen molar-refractivity contribution in [2.75, 3.05) is 0 Å². The van der Waals surface area contributed by atoms with E-state index >= 15 is 0 Å². The highest BCUT2D eigenvalue weighted by Gasteiger charge is 2.20. The molecule has 0 bridgehead atoms. The van der Waals surface area contributed by atoms with Crippen LogP contribution >= 0.6 is 0 Å². The van der Waals surface area contributed by atoms with Crippen LogP contribution in [0.5, 0.6) is 0 Å². The third-order valence-electron chi connectivity index (χ3n) is 2.96. The second-order valence-electron chi connectivity index (χ2n) is 5.42. The highest BCUT2D eigenvalue weighted by molar-refractivity contribution is 5.43. The molecule has 0 heteroatoms. The first-order valence-corrected chi connectivity index (χ1v) is 6.03. The van der Waals surface area contributed by atoms with Crippen LogP contribution in [0.25, 0.3) is 0 Å². The number of hydrogen-bond acceptors (Lipinski definition) is 0. The van der Waals surface area contributed by atoms with Crippen molar-refractivity contribution in [1.82, 2.24) is 0 Å². The molecule has 0 N–H and O–H groups in total. The van der Waals surface area contributed by atoms with E-state index in [2.05, 4.69) is 53.7 Å². The lowest BCUT2D eigenvalue weighted by molar-refractivity contribution is 0.576. The largest absolute Gasteiger partial charge is 0.0613 e. The summed E-state index contributed by atoms with van der Waals surface area (Å²) in [6.07, 6.45) is 2.28. The lowest BCUT2D eigenvalue weighted by Crippen LogP contribution is -2.17. The molecule has 0 spiro atoms. The van der Waals surface area contributed by atoms with E-state index in [0.717, 1.165) is 12.8 Å². The zero-order valence-corrected chi connectivity index (χ0v) is 11.1. The van der Waals surface area contributed by atoms with Crippen LogP contribution in [0.4, 0.5) is 0 Å². The Morgan fingerprint density at radius 3 is 1.60 bits per heavy atom. The SMILES string of the molecule is CCc1cc(C)cc(CC)c1C(C)(C)C. The Labute approximate surface area is 94.7 Å². The summed E-state index contributed by atoms with van der Waals surface area (Å²) in [6.45, 7) is 13.7. The van der Waals surface area contributed by atoms with Crippen molar-refractivity contribution in [3.05, 3.63) is 34.4 Å². The van der Waals surface area contributed by atoms with Gasteiger partial charge in [-0.2, -0.15) is 0 Å². The number of benzene rings is 1. The van der Waals surface area contributed by atoms with Crippen molar-refractivity contribution in [2.45, 2.75) is 59.8 Å². The maximum absolute atomic E-state index is 2.35. The fourth-order valence-electron chi connectivity index (χ4n) is 2.46. The molecule has 0 heterocycles. The number of hydrogen-bond donors (Lipinski definition) is 0. The topological polar surface area (TPSA) is 0 Å². The zero-order valence-electron chi connectivity index (χ0n) is 11.1. The highest BCUT2D eigenvalue weighted by Crippen LogP contribution is 2.31. The Kier molecular flexibility index (Phi) is 3.59. The standard InChI is InChI=1S/C15H24/c1-7-12-9-11(3)10-13(8-2)14(12)15(4,5)6/h9-10H,7-8H2,1-6H3. The molecule has 1 aromatic carbocycles. The fraction of sp³-hybridized carbons (Fsp3) is 0.600. The first-order chi connectivity index (χ1) is 6.90. The van der Waals surface area contributed by atoms with Crippen molar-refractivity contribution < 1.29 is 0 Å². The molecule has 0 atom stereocenters. The van der Waals surface area contributed by atoms with Gasteiger partial charge in [0.1, 0.15) is 0 Å². The summed E-state index contributed by atoms with van der Waals surface area (Å²) >= 11 is 0. The van der Waals surface area contributed by atoms with E-state index in [1.54, 1.807) is 5.56 Å². The molecule has 0 unspecified atom stereocenters. The van der Waals surface area contributed by atoms with Crippen molar-refractivity contribution >= 4 is 0 Å². The van der Waals surface area contributed by atoms with Gasteiger partial charge < -0.3 is 0 Å². The summed E-state index contributed by atoms with van der Waals surface area (Å²) < 4.78 is 0. The third-order valence-corrected chi connectivity index (χ3v) is 2.96. The minimum Gasteiger partial charge on any atom is -0.0613 e. The Bertz CT molecular complexity index is 315. The van der Waals surface area contributed by atoms with Crippen molar-refractivity contribution in [3.8, 4) is 0 Å². The highest BCUT2D eigenvalue weighted by atomic mass is 14.2. The zero-order chi connectivity index (χ0) is 11.6. The van der Waals surface area contributed by atoms with Crippen LogP contribution in [0.2, 0.25) is 0 Å². The van der Waals surface area contributed by atoms with Crippen LogP contribution in [0.15, 0.2) is 12.1 Å². The van der Waals surface area contributed by atoms with Gasteiger partial charge in [-0.3, -0.25) is 0 Å². The Hall–Kier alpha value is -0.780. The van der Waals surface area contributed by atoms with Crippen LogP contribution < -0.4 is 0 Å². The Balaban J connectivity index is 3.44. The van der Waals surface area contributed by atoms with Gasteiger partial charge in [-0.15, -0.1) is 0 Å². The summed E-state index contributed by atoms with van der Waals surface area (Å²) in [4.78, 5) is 0. The van der Waals surface area contributed by atoms with Gasteiger partial charge in [-0.1, -0.05) is 52.3 Å². The molecule has 0 radical (unpaired) electrons. The molecular weight excluding hydrogens is 180 g/mol. The molecule has 0 nitrogen and oxygen atoms in total. The predicted molar refractivity (Wildman–Crippen MR) is 68.6 cm³/mol. The molecule has 0 aliphatic heterocycles. The predicted octanol–water partition coefficient (Wildman–Crippen LogP) is 4.42. The van der Waals surface area contributed by atoms with E-state index in [0.29, 0.717) is 0 Å². The first-order valence-electron chi connectivity index (χ1n) is 6.03. The summed E-state index contributed by atoms with van der Waals surface area (Å²) in [7, 11) is 0. The van der Waals surface area contributed by atoms with Gasteiger partial charge in [0.25, 0.3) is 0 Å². The van der Waals surface area contributed by atoms with Gasteiger partial charge >= 0.3 is 0 Å². The smallest absolute Gasteiger partial charge is 0.0126 e. The molecule has 84 valence electrons. The van der Waals surface area contributed by atoms with E-state index in [1.807, 2.05) is 0 Å². The van der Waals surface area contributed by atoms with Crippen LogP contribution in [0.1, 0.15) is 56.9 Å². The summed E-state index contributed by atoms with van der Waals surface area (Å²) in [5.74, 6) is 0. The monoisotopic (exact) mass is 204 g/mol. The maximum Gasteiger partial charge on any atom is -0.0126 e. The quantitative estimate of drug-likeness (QED) is 0.669. The molecule has 0 saturated heterocycles. The van der Waals surface area contributed by atoms with E-state index < -0.39 is 0 Å². The minimum absolute atomic E-state index is 0.268. The summed E-state index contributed by atoms with van der Waals surface area (Å²) in [5.41, 5.74) is 6.29. The number of aryl methyl sites for hydroxylation is 3. The Morgan fingerprint density at radius 1 is 0.933 bits per heavy atom. The molecule has 0 aromatic heterocycles. The van der Waals surface area contributed by atoms with Gasteiger partial charge in [-0.25, -0.2) is 0 Å². The molecule has 0 aliphatic carbocycles. The molecule has 0 aliphatic rings. The van der Waals surface area contributed by atoms with E-state index in [4.69, 9.17) is 0 Å². The third kappa shape index (κ3) is 2.62. The molecule has 0 amide bonds. The van der Waals surface area contributed by atoms with Crippen LogP contribution in [0, 0.1) is 6.92 Å². The number of rotatable bonds is 2. The lowest BCUT2D eigenvalue weighted by atomic mass is 9.78. The molecule has 15 heavy (non-hydrogen) atoms. The average molecular weight is 204 g/mol. The van der Waals surface area contributed by atoms with Gasteiger partial charge in [0, 0.05) is 0 Å². The van der Waals surface area contributed by atoms with Crippen molar-refractivity contribution in [2.24, 2.45) is 0 Å². The molecule has 1 aromatic rings. The second kappa shape index (κ2) is 4.38. The second-order valence-corrected chi connectivity index (χ2v) is 5.42. The fourth-order valence-corrected chi connectivity index (χ4v) is 2.46. The van der Waals surface area contributed by atoms with Gasteiger partial charge in [0.05, 0.1) is 0 Å². The van der Waals surface area contributed by atoms with Gasteiger partial charge in [0.2, 0.25) is 0 Å². The van der Waals surface area contributed by atoms with Crippen LogP contribution in [-0.2, 0) is 18.3 Å². The van der Waals surface area contributed by atoms with Crippen molar-refractivity contribution in [3.63, 3.8) is 0 Å². The van der Waals surface area contributed by atoms with E-state index in [-0.39, 0.29) is 5.41 Å². The molecule has 1 rings (SSSR count). The van der Waals surface area contributed by atoms with Gasteiger partial charge in [-0.05, 0) is 41.9 Å². The first kappa shape index (κ1) is 12.3. The Morgan fingerprint density at radius 2 is 1.33 bits per heavy atom. The maximum atomic E-state index is 2.35. The minimum atomic E-state index is 0.268. The van der Waals surface area contributed by atoms with E-state index in [1.165, 1.54) is 16.7 Å². The normalized spacial score (nSPS) is 11.9. The average Bonchev–Trinajstić information content (AvgIpc) is 2.14. The van der Waals surface area contributed by atoms with Gasteiger partial charge in [0.15, 0.2) is 0 Å². The molecular formula is C15H24. The molecule has 0 fully saturated rings. The van der Waals surface area contributed by atoms with Crippen LogP contribution in [0.3, 0.4) is 0 Å².